The van der Waals surface area contributed by atoms with Crippen LogP contribution in [0.1, 0.15) is 30.7 Å². The first-order chi connectivity index (χ1) is 12.3. The van der Waals surface area contributed by atoms with Gasteiger partial charge in [0, 0.05) is 29.4 Å². The zero-order valence-electron chi connectivity index (χ0n) is 16.4. The van der Waals surface area contributed by atoms with Crippen LogP contribution in [0.15, 0.2) is 22.5 Å². The van der Waals surface area contributed by atoms with Crippen molar-refractivity contribution in [2.45, 2.75) is 39.7 Å². The molecule has 1 amide bonds. The molecule has 0 atom stereocenters. The minimum absolute atomic E-state index is 0. The number of rotatable bonds is 6. The van der Waals surface area contributed by atoms with E-state index in [1.165, 1.54) is 9.75 Å². The third kappa shape index (κ3) is 8.56. The summed E-state index contributed by atoms with van der Waals surface area (Å²) in [6, 6.07) is 4.27. The molecular formula is C18H28IN5OS2. The average molecular weight is 521 g/mol. The van der Waals surface area contributed by atoms with Gasteiger partial charge < -0.3 is 16.0 Å². The maximum absolute atomic E-state index is 11.9. The number of carbonyl (C=O) groups excluding carboxylic acids is 1. The number of thiophene rings is 1. The molecule has 2 rings (SSSR count). The molecule has 0 bridgehead atoms. The molecule has 2 heterocycles. The number of amides is 1. The van der Waals surface area contributed by atoms with E-state index in [0.29, 0.717) is 5.96 Å². The molecule has 0 aromatic carbocycles. The lowest BCUT2D eigenvalue weighted by Gasteiger charge is -2.21. The first-order valence-corrected chi connectivity index (χ1v) is 10.2. The lowest BCUT2D eigenvalue weighted by Crippen LogP contribution is -2.48. The van der Waals surface area contributed by atoms with Crippen molar-refractivity contribution in [1.82, 2.24) is 20.9 Å². The van der Waals surface area contributed by atoms with E-state index < -0.39 is 0 Å². The zero-order valence-corrected chi connectivity index (χ0v) is 20.3. The summed E-state index contributed by atoms with van der Waals surface area (Å²) in [6.07, 6.45) is 0.892. The summed E-state index contributed by atoms with van der Waals surface area (Å²) >= 11 is 3.43. The topological polar surface area (TPSA) is 78.4 Å². The Labute approximate surface area is 186 Å². The van der Waals surface area contributed by atoms with Gasteiger partial charge in [-0.1, -0.05) is 0 Å². The van der Waals surface area contributed by atoms with Gasteiger partial charge in [-0.25, -0.2) is 4.98 Å². The van der Waals surface area contributed by atoms with Crippen LogP contribution < -0.4 is 16.0 Å². The molecule has 3 N–H and O–H groups in total. The van der Waals surface area contributed by atoms with Gasteiger partial charge in [0.25, 0.3) is 0 Å². The Hall–Kier alpha value is -1.20. The van der Waals surface area contributed by atoms with E-state index in [0.717, 1.165) is 23.7 Å². The summed E-state index contributed by atoms with van der Waals surface area (Å²) in [6.45, 7) is 8.84. The highest BCUT2D eigenvalue weighted by Crippen LogP contribution is 2.29. The Morgan fingerprint density at radius 1 is 1.26 bits per heavy atom. The largest absolute Gasteiger partial charge is 0.356 e. The first kappa shape index (κ1) is 23.8. The van der Waals surface area contributed by atoms with Crippen LogP contribution in [0.4, 0.5) is 0 Å². The summed E-state index contributed by atoms with van der Waals surface area (Å²) < 4.78 is 0. The van der Waals surface area contributed by atoms with E-state index in [1.54, 1.807) is 29.7 Å². The van der Waals surface area contributed by atoms with Crippen molar-refractivity contribution in [3.63, 3.8) is 0 Å². The maximum atomic E-state index is 11.9. The number of aryl methyl sites for hydroxylation is 1. The second kappa shape index (κ2) is 11.0. The SMILES string of the molecule is CN=C(NCCc1ccc(-c2csc(C)n2)s1)NCC(=O)NC(C)(C)C.I. The second-order valence-corrected chi connectivity index (χ2v) is 9.15. The number of guanidine groups is 1. The summed E-state index contributed by atoms with van der Waals surface area (Å²) in [7, 11) is 1.70. The van der Waals surface area contributed by atoms with Gasteiger partial charge >= 0.3 is 0 Å². The molecule has 0 unspecified atom stereocenters. The molecule has 6 nitrogen and oxygen atoms in total. The van der Waals surface area contributed by atoms with Crippen molar-refractivity contribution < 1.29 is 4.79 Å². The predicted molar refractivity (Wildman–Crippen MR) is 127 cm³/mol. The van der Waals surface area contributed by atoms with Gasteiger partial charge in [-0.3, -0.25) is 9.79 Å². The average Bonchev–Trinajstić information content (AvgIpc) is 3.17. The summed E-state index contributed by atoms with van der Waals surface area (Å²) in [5.41, 5.74) is 0.821. The van der Waals surface area contributed by atoms with Gasteiger partial charge in [0.15, 0.2) is 5.96 Å². The van der Waals surface area contributed by atoms with E-state index in [1.807, 2.05) is 27.7 Å². The van der Waals surface area contributed by atoms with Gasteiger partial charge in [-0.2, -0.15) is 0 Å². The first-order valence-electron chi connectivity index (χ1n) is 8.53. The molecule has 27 heavy (non-hydrogen) atoms. The summed E-state index contributed by atoms with van der Waals surface area (Å²) in [4.78, 5) is 23.0. The van der Waals surface area contributed by atoms with Gasteiger partial charge in [0.2, 0.25) is 5.91 Å². The quantitative estimate of drug-likeness (QED) is 0.309. The van der Waals surface area contributed by atoms with E-state index in [2.05, 4.69) is 43.4 Å². The number of carbonyl (C=O) groups is 1. The summed E-state index contributed by atoms with van der Waals surface area (Å²) in [5, 5.41) is 12.4. The minimum Gasteiger partial charge on any atom is -0.356 e. The van der Waals surface area contributed by atoms with Gasteiger partial charge in [0.05, 0.1) is 22.1 Å². The molecule has 150 valence electrons. The molecule has 0 radical (unpaired) electrons. The maximum Gasteiger partial charge on any atom is 0.239 e. The Morgan fingerprint density at radius 2 is 2.00 bits per heavy atom. The van der Waals surface area contributed by atoms with Crippen molar-refractivity contribution in [3.05, 3.63) is 27.4 Å². The van der Waals surface area contributed by atoms with Gasteiger partial charge in [0.1, 0.15) is 0 Å². The van der Waals surface area contributed by atoms with Crippen molar-refractivity contribution in [2.75, 3.05) is 20.1 Å². The molecule has 2 aromatic rings. The molecule has 9 heteroatoms. The molecule has 0 aliphatic carbocycles. The minimum atomic E-state index is -0.234. The smallest absolute Gasteiger partial charge is 0.239 e. The Morgan fingerprint density at radius 3 is 2.59 bits per heavy atom. The number of halogens is 1. The number of thiazole rings is 1. The fourth-order valence-electron chi connectivity index (χ4n) is 2.28. The monoisotopic (exact) mass is 521 g/mol. The van der Waals surface area contributed by atoms with Crippen molar-refractivity contribution in [3.8, 4) is 10.6 Å². The van der Waals surface area contributed by atoms with Gasteiger partial charge in [-0.05, 0) is 46.2 Å². The molecule has 2 aromatic heterocycles. The Kier molecular flexibility index (Phi) is 9.68. The lowest BCUT2D eigenvalue weighted by molar-refractivity contribution is -0.121. The highest BCUT2D eigenvalue weighted by molar-refractivity contribution is 14.0. The fraction of sp³-hybridized carbons (Fsp3) is 0.500. The number of hydrogen-bond donors (Lipinski definition) is 3. The van der Waals surface area contributed by atoms with Crippen molar-refractivity contribution >= 4 is 58.5 Å². The van der Waals surface area contributed by atoms with E-state index in [-0.39, 0.29) is 42.0 Å². The third-order valence-electron chi connectivity index (χ3n) is 3.35. The van der Waals surface area contributed by atoms with E-state index in [4.69, 9.17) is 0 Å². The highest BCUT2D eigenvalue weighted by atomic mass is 127. The Bertz CT molecular complexity index is 764. The number of aliphatic imine (C=N–C) groups is 1. The highest BCUT2D eigenvalue weighted by Gasteiger charge is 2.13. The molecule has 0 saturated carbocycles. The second-order valence-electron chi connectivity index (χ2n) is 6.92. The number of nitrogens with one attached hydrogen (secondary N) is 3. The van der Waals surface area contributed by atoms with Crippen LogP contribution in [0, 0.1) is 6.92 Å². The van der Waals surface area contributed by atoms with Crippen molar-refractivity contribution in [1.29, 1.82) is 0 Å². The summed E-state index contributed by atoms with van der Waals surface area (Å²) in [5.74, 6) is 0.572. The lowest BCUT2D eigenvalue weighted by atomic mass is 10.1. The number of aromatic nitrogens is 1. The fourth-order valence-corrected chi connectivity index (χ4v) is 3.93. The van der Waals surface area contributed by atoms with Crippen LogP contribution in [-0.2, 0) is 11.2 Å². The van der Waals surface area contributed by atoms with E-state index in [9.17, 15) is 4.79 Å². The molecule has 0 aliphatic heterocycles. The number of nitrogens with zero attached hydrogens (tertiary/aromatic N) is 2. The van der Waals surface area contributed by atoms with Crippen LogP contribution in [0.3, 0.4) is 0 Å². The van der Waals surface area contributed by atoms with Crippen LogP contribution in [0.25, 0.3) is 10.6 Å². The molecule has 0 spiro atoms. The predicted octanol–water partition coefficient (Wildman–Crippen LogP) is 3.42. The Balaban J connectivity index is 0.00000364. The van der Waals surface area contributed by atoms with Gasteiger partial charge in [-0.15, -0.1) is 46.7 Å². The van der Waals surface area contributed by atoms with E-state index >= 15 is 0 Å². The molecular weight excluding hydrogens is 493 g/mol. The molecule has 0 fully saturated rings. The molecule has 0 saturated heterocycles. The normalized spacial score (nSPS) is 11.7. The van der Waals surface area contributed by atoms with Crippen LogP contribution in [0.2, 0.25) is 0 Å². The van der Waals surface area contributed by atoms with Crippen molar-refractivity contribution in [2.24, 2.45) is 4.99 Å². The standard InChI is InChI=1S/C18H27N5OS2.HI/c1-12-22-14(11-25-12)15-7-6-13(26-15)8-9-20-17(19-5)21-10-16(24)23-18(2,3)4;/h6-7,11H,8-10H2,1-5H3,(H,23,24)(H2,19,20,21);1H. The van der Waals surface area contributed by atoms with Crippen LogP contribution in [-0.4, -0.2) is 42.5 Å². The van der Waals surface area contributed by atoms with Crippen LogP contribution in [0.5, 0.6) is 0 Å². The number of hydrogen-bond acceptors (Lipinski definition) is 5. The third-order valence-corrected chi connectivity index (χ3v) is 5.29. The van der Waals surface area contributed by atoms with Crippen LogP contribution >= 0.6 is 46.7 Å². The molecule has 0 aliphatic rings. The zero-order chi connectivity index (χ0) is 19.2.